The fraction of sp³-hybridized carbons (Fsp3) is 0.382. The number of ether oxygens (including phenoxy) is 5. The average molecular weight is 579 g/mol. The summed E-state index contributed by atoms with van der Waals surface area (Å²) in [6, 6.07) is 14.0. The van der Waals surface area contributed by atoms with E-state index in [0.717, 1.165) is 43.1 Å². The maximum Gasteiger partial charge on any atom is 0.339 e. The molecular weight excluding hydrogens is 536 g/mol. The number of carbonyl (C=O) groups is 3. The summed E-state index contributed by atoms with van der Waals surface area (Å²) in [7, 11) is 0. The van der Waals surface area contributed by atoms with Crippen LogP contribution in [0.1, 0.15) is 68.8 Å². The molecule has 0 aliphatic heterocycles. The van der Waals surface area contributed by atoms with Crippen molar-refractivity contribution >= 4 is 17.9 Å². The van der Waals surface area contributed by atoms with Crippen LogP contribution < -0.4 is 9.47 Å². The summed E-state index contributed by atoms with van der Waals surface area (Å²) in [5, 5.41) is 0. The second-order valence-electron chi connectivity index (χ2n) is 9.33. The molecule has 2 aromatic carbocycles. The number of hydrogen-bond acceptors (Lipinski definition) is 8. The fourth-order valence-electron chi connectivity index (χ4n) is 3.73. The first-order valence-electron chi connectivity index (χ1n) is 14.4. The van der Waals surface area contributed by atoms with Crippen molar-refractivity contribution < 1.29 is 38.1 Å². The molecule has 0 saturated heterocycles. The van der Waals surface area contributed by atoms with Crippen LogP contribution in [0.4, 0.5) is 0 Å². The molecule has 0 aromatic heterocycles. The molecule has 0 aliphatic rings. The van der Waals surface area contributed by atoms with Crippen molar-refractivity contribution in [1.82, 2.24) is 0 Å². The Kier molecular flexibility index (Phi) is 15.9. The van der Waals surface area contributed by atoms with E-state index in [2.05, 4.69) is 6.58 Å². The van der Waals surface area contributed by atoms with Crippen LogP contribution in [0.3, 0.4) is 0 Å². The fourth-order valence-corrected chi connectivity index (χ4v) is 3.73. The number of carbonyl (C=O) groups excluding carboxylic acids is 3. The summed E-state index contributed by atoms with van der Waals surface area (Å²) in [6.07, 6.45) is 9.30. The number of unbranched alkanes of at least 4 members (excludes halogenated alkanes) is 3. The van der Waals surface area contributed by atoms with Gasteiger partial charge in [-0.05, 0) is 100 Å². The minimum Gasteiger partial charge on any atom is -0.499 e. The molecule has 0 fully saturated rings. The highest BCUT2D eigenvalue weighted by Gasteiger charge is 2.11. The van der Waals surface area contributed by atoms with E-state index in [1.54, 1.807) is 48.6 Å². The Morgan fingerprint density at radius 2 is 1.43 bits per heavy atom. The van der Waals surface area contributed by atoms with Crippen molar-refractivity contribution in [2.24, 2.45) is 0 Å². The van der Waals surface area contributed by atoms with Crippen LogP contribution >= 0.6 is 0 Å². The summed E-state index contributed by atoms with van der Waals surface area (Å²) in [5.74, 6) is 0.655. The number of allylic oxidation sites excluding steroid dienone is 3. The summed E-state index contributed by atoms with van der Waals surface area (Å²) >= 11 is 0. The van der Waals surface area contributed by atoms with Gasteiger partial charge in [0.2, 0.25) is 0 Å². The van der Waals surface area contributed by atoms with E-state index in [-0.39, 0.29) is 6.61 Å². The molecule has 0 amide bonds. The van der Waals surface area contributed by atoms with Crippen molar-refractivity contribution in [1.29, 1.82) is 0 Å². The first-order valence-corrected chi connectivity index (χ1v) is 14.4. The molecular formula is C34H42O8. The van der Waals surface area contributed by atoms with Gasteiger partial charge in [0.1, 0.15) is 11.5 Å². The molecule has 0 unspecified atom stereocenters. The molecule has 0 N–H and O–H groups in total. The Hall–Kier alpha value is -4.33. The summed E-state index contributed by atoms with van der Waals surface area (Å²) < 4.78 is 27.0. The first kappa shape index (κ1) is 33.9. The molecule has 8 heteroatoms. The van der Waals surface area contributed by atoms with Crippen LogP contribution in [0, 0.1) is 0 Å². The monoisotopic (exact) mass is 578 g/mol. The lowest BCUT2D eigenvalue weighted by atomic mass is 10.1. The van der Waals surface area contributed by atoms with Crippen molar-refractivity contribution in [2.75, 3.05) is 26.4 Å². The molecule has 0 aliphatic carbocycles. The predicted molar refractivity (Wildman–Crippen MR) is 161 cm³/mol. The summed E-state index contributed by atoms with van der Waals surface area (Å²) in [4.78, 5) is 35.9. The van der Waals surface area contributed by atoms with Crippen LogP contribution in [0.2, 0.25) is 0 Å². The zero-order valence-electron chi connectivity index (χ0n) is 24.9. The van der Waals surface area contributed by atoms with E-state index in [1.807, 2.05) is 32.9 Å². The van der Waals surface area contributed by atoms with Gasteiger partial charge >= 0.3 is 17.9 Å². The number of hydrogen-bond donors (Lipinski definition) is 0. The number of esters is 3. The third kappa shape index (κ3) is 13.4. The summed E-state index contributed by atoms with van der Waals surface area (Å²) in [6.45, 7) is 10.7. The Balaban J connectivity index is 1.69. The van der Waals surface area contributed by atoms with Gasteiger partial charge < -0.3 is 23.7 Å². The maximum absolute atomic E-state index is 12.5. The largest absolute Gasteiger partial charge is 0.499 e. The second kappa shape index (κ2) is 19.7. The van der Waals surface area contributed by atoms with Crippen molar-refractivity contribution in [3.8, 4) is 11.5 Å². The summed E-state index contributed by atoms with van der Waals surface area (Å²) in [5.41, 5.74) is 1.94. The van der Waals surface area contributed by atoms with Crippen LogP contribution in [0.25, 0.3) is 0 Å². The molecule has 0 atom stereocenters. The van der Waals surface area contributed by atoms with E-state index < -0.39 is 17.9 Å². The highest BCUT2D eigenvalue weighted by atomic mass is 16.5. The third-order valence-corrected chi connectivity index (χ3v) is 6.10. The molecule has 42 heavy (non-hydrogen) atoms. The lowest BCUT2D eigenvalue weighted by molar-refractivity contribution is -0.137. The third-order valence-electron chi connectivity index (χ3n) is 6.10. The lowest BCUT2D eigenvalue weighted by Gasteiger charge is -2.09. The minimum atomic E-state index is -0.406. The van der Waals surface area contributed by atoms with Crippen LogP contribution in [0.15, 0.2) is 84.7 Å². The molecule has 0 bridgehead atoms. The number of rotatable bonds is 19. The van der Waals surface area contributed by atoms with Gasteiger partial charge in [0.25, 0.3) is 0 Å². The quantitative estimate of drug-likeness (QED) is 0.0442. The van der Waals surface area contributed by atoms with Crippen LogP contribution in [-0.4, -0.2) is 44.3 Å². The van der Waals surface area contributed by atoms with Crippen molar-refractivity contribution in [2.45, 2.75) is 59.3 Å². The predicted octanol–water partition coefficient (Wildman–Crippen LogP) is 6.94. The second-order valence-corrected chi connectivity index (χ2v) is 9.33. The van der Waals surface area contributed by atoms with Gasteiger partial charge in [-0.2, -0.15) is 0 Å². The lowest BCUT2D eigenvalue weighted by Crippen LogP contribution is -2.11. The average Bonchev–Trinajstić information content (AvgIpc) is 2.99. The Morgan fingerprint density at radius 3 is 2.07 bits per heavy atom. The normalized spacial score (nSPS) is 11.4. The minimum absolute atomic E-state index is 0.219. The van der Waals surface area contributed by atoms with Crippen molar-refractivity contribution in [3.05, 3.63) is 95.8 Å². The van der Waals surface area contributed by atoms with Crippen LogP contribution in [0.5, 0.6) is 11.5 Å². The van der Waals surface area contributed by atoms with Gasteiger partial charge in [0.05, 0.1) is 37.8 Å². The Morgan fingerprint density at radius 1 is 0.762 bits per heavy atom. The van der Waals surface area contributed by atoms with Gasteiger partial charge in [-0.15, -0.1) is 0 Å². The topological polar surface area (TPSA) is 97.4 Å². The molecule has 0 spiro atoms. The molecule has 2 aromatic rings. The smallest absolute Gasteiger partial charge is 0.339 e. The standard InChI is InChI=1S/C34H42O8/c1-5-28(15-12-26(4)38-7-3)34(37)42-31-18-13-27(14-19-31)22-25-41-33(36)29-16-20-30(21-17-29)39-23-10-8-9-11-24-40-32(35)6-2/h6,12-21H,2,5,7-11,22-25H2,1,3-4H3/b26-12+,28-15+. The van der Waals surface area contributed by atoms with E-state index in [1.165, 1.54) is 0 Å². The van der Waals surface area contributed by atoms with Gasteiger partial charge in [0, 0.05) is 18.1 Å². The number of benzene rings is 2. The Labute approximate surface area is 249 Å². The van der Waals surface area contributed by atoms with Crippen molar-refractivity contribution in [3.63, 3.8) is 0 Å². The first-order chi connectivity index (χ1) is 20.4. The van der Waals surface area contributed by atoms with Gasteiger partial charge in [-0.25, -0.2) is 14.4 Å². The molecule has 0 radical (unpaired) electrons. The van der Waals surface area contributed by atoms with Gasteiger partial charge in [-0.3, -0.25) is 0 Å². The zero-order valence-corrected chi connectivity index (χ0v) is 24.9. The van der Waals surface area contributed by atoms with Gasteiger partial charge in [-0.1, -0.05) is 25.6 Å². The van der Waals surface area contributed by atoms with E-state index in [9.17, 15) is 14.4 Å². The molecule has 2 rings (SSSR count). The molecule has 226 valence electrons. The van der Waals surface area contributed by atoms with Gasteiger partial charge in [0.15, 0.2) is 0 Å². The van der Waals surface area contributed by atoms with E-state index >= 15 is 0 Å². The van der Waals surface area contributed by atoms with Crippen LogP contribution in [-0.2, 0) is 30.2 Å². The molecule has 0 heterocycles. The SMILES string of the molecule is C=CC(=O)OCCCCCCOc1ccc(C(=O)OCCc2ccc(OC(=O)/C(=C/C=C(\C)OCC)CC)cc2)cc1. The highest BCUT2D eigenvalue weighted by Crippen LogP contribution is 2.17. The molecule has 0 saturated carbocycles. The Bertz CT molecular complexity index is 1190. The maximum atomic E-state index is 12.5. The highest BCUT2D eigenvalue weighted by molar-refractivity contribution is 5.90. The van der Waals surface area contributed by atoms with E-state index in [4.69, 9.17) is 23.7 Å². The zero-order chi connectivity index (χ0) is 30.6. The van der Waals surface area contributed by atoms with E-state index in [0.29, 0.717) is 55.3 Å². The molecule has 8 nitrogen and oxygen atoms in total.